The number of primary amides is 1. The van der Waals surface area contributed by atoms with Gasteiger partial charge in [0.2, 0.25) is 5.91 Å². The molecule has 0 spiro atoms. The van der Waals surface area contributed by atoms with E-state index in [9.17, 15) is 4.79 Å². The Hall–Kier alpha value is -2.80. The molecule has 0 radical (unpaired) electrons. The van der Waals surface area contributed by atoms with Gasteiger partial charge in [0.25, 0.3) is 0 Å². The van der Waals surface area contributed by atoms with Crippen LogP contribution in [0.3, 0.4) is 0 Å². The van der Waals surface area contributed by atoms with Gasteiger partial charge in [-0.15, -0.1) is 0 Å². The first kappa shape index (κ1) is 16.7. The molecule has 4 heterocycles. The van der Waals surface area contributed by atoms with E-state index in [0.29, 0.717) is 12.3 Å². The molecule has 7 heteroatoms. The summed E-state index contributed by atoms with van der Waals surface area (Å²) in [5, 5.41) is 0.984. The molecule has 26 heavy (non-hydrogen) atoms. The Labute approximate surface area is 151 Å². The minimum absolute atomic E-state index is 0.105. The van der Waals surface area contributed by atoms with Crippen molar-refractivity contribution < 1.29 is 9.53 Å². The van der Waals surface area contributed by atoms with Crippen LogP contribution in [0.25, 0.3) is 22.2 Å². The summed E-state index contributed by atoms with van der Waals surface area (Å²) in [7, 11) is 1.96. The Morgan fingerprint density at radius 3 is 2.96 bits per heavy atom. The quantitative estimate of drug-likeness (QED) is 0.772. The molecule has 134 valence electrons. The number of hydrogen-bond donors (Lipinski definition) is 1. The summed E-state index contributed by atoms with van der Waals surface area (Å²) in [5.74, 6) is -0.398. The zero-order valence-electron chi connectivity index (χ0n) is 14.9. The molecular weight excluding hydrogens is 330 g/mol. The van der Waals surface area contributed by atoms with E-state index in [1.165, 1.54) is 0 Å². The van der Waals surface area contributed by atoms with Crippen LogP contribution >= 0.6 is 0 Å². The van der Waals surface area contributed by atoms with Gasteiger partial charge in [0.15, 0.2) is 0 Å². The van der Waals surface area contributed by atoms with Gasteiger partial charge in [-0.2, -0.15) is 0 Å². The van der Waals surface area contributed by atoms with E-state index in [1.54, 1.807) is 12.4 Å². The van der Waals surface area contributed by atoms with Gasteiger partial charge in [-0.1, -0.05) is 6.92 Å². The van der Waals surface area contributed by atoms with E-state index in [4.69, 9.17) is 15.5 Å². The van der Waals surface area contributed by atoms with E-state index in [1.807, 2.05) is 30.1 Å². The molecule has 0 aliphatic carbocycles. The van der Waals surface area contributed by atoms with E-state index >= 15 is 0 Å². The number of pyridine rings is 1. The van der Waals surface area contributed by atoms with Gasteiger partial charge in [0, 0.05) is 42.4 Å². The molecule has 3 aromatic heterocycles. The highest BCUT2D eigenvalue weighted by molar-refractivity contribution is 5.95. The maximum absolute atomic E-state index is 11.2. The Morgan fingerprint density at radius 1 is 1.38 bits per heavy atom. The molecule has 4 rings (SSSR count). The number of fused-ring (bicyclic) bond motifs is 1. The highest BCUT2D eigenvalue weighted by Crippen LogP contribution is 2.34. The Bertz CT molecular complexity index is 989. The van der Waals surface area contributed by atoms with Crippen molar-refractivity contribution >= 4 is 16.8 Å². The van der Waals surface area contributed by atoms with E-state index in [-0.39, 0.29) is 11.8 Å². The predicted molar refractivity (Wildman–Crippen MR) is 97.4 cm³/mol. The minimum Gasteiger partial charge on any atom is -0.380 e. The molecule has 0 unspecified atom stereocenters. The van der Waals surface area contributed by atoms with Gasteiger partial charge >= 0.3 is 0 Å². The van der Waals surface area contributed by atoms with Crippen molar-refractivity contribution in [3.8, 4) is 11.3 Å². The number of carbonyl (C=O) groups excluding carboxylic acids is 1. The van der Waals surface area contributed by atoms with Crippen LogP contribution < -0.4 is 5.73 Å². The fraction of sp³-hybridized carbons (Fsp3) is 0.368. The number of aromatic nitrogens is 4. The first-order chi connectivity index (χ1) is 12.5. The molecule has 1 aliphatic heterocycles. The molecule has 1 amide bonds. The lowest BCUT2D eigenvalue weighted by molar-refractivity contribution is -0.117. The maximum Gasteiger partial charge on any atom is 0.223 e. The van der Waals surface area contributed by atoms with E-state index < -0.39 is 5.91 Å². The van der Waals surface area contributed by atoms with Crippen LogP contribution in [0.15, 0.2) is 30.9 Å². The highest BCUT2D eigenvalue weighted by atomic mass is 16.5. The normalized spacial score (nSPS) is 19.9. The smallest absolute Gasteiger partial charge is 0.223 e. The zero-order chi connectivity index (χ0) is 18.3. The molecule has 3 aromatic rings. The van der Waals surface area contributed by atoms with Gasteiger partial charge in [-0.05, 0) is 12.5 Å². The number of rotatable bonds is 4. The SMILES string of the molecule is Cn1cc(-c2cncc([C@]3(C)CCOC3)n2)c2cc(CC(N)=O)ncc21. The van der Waals surface area contributed by atoms with E-state index in [2.05, 4.69) is 16.9 Å². The predicted octanol–water partition coefficient (Wildman–Crippen LogP) is 1.74. The van der Waals surface area contributed by atoms with E-state index in [0.717, 1.165) is 40.9 Å². The molecule has 1 saturated heterocycles. The van der Waals surface area contributed by atoms with Crippen molar-refractivity contribution in [3.05, 3.63) is 42.2 Å². The fourth-order valence-electron chi connectivity index (χ4n) is 3.46. The molecule has 0 aromatic carbocycles. The van der Waals surface area contributed by atoms with Crippen LogP contribution in [0.5, 0.6) is 0 Å². The van der Waals surface area contributed by atoms with Crippen LogP contribution in [-0.2, 0) is 28.4 Å². The van der Waals surface area contributed by atoms with Gasteiger partial charge in [0.1, 0.15) is 0 Å². The summed E-state index contributed by atoms with van der Waals surface area (Å²) in [6.45, 7) is 3.57. The first-order valence-electron chi connectivity index (χ1n) is 8.59. The third-order valence-electron chi connectivity index (χ3n) is 5.04. The lowest BCUT2D eigenvalue weighted by atomic mass is 9.86. The second-order valence-corrected chi connectivity index (χ2v) is 7.14. The summed E-state index contributed by atoms with van der Waals surface area (Å²) in [6, 6.07) is 1.91. The average Bonchev–Trinajstić information content (AvgIpc) is 3.19. The minimum atomic E-state index is -0.398. The molecule has 1 aliphatic rings. The monoisotopic (exact) mass is 351 g/mol. The second kappa shape index (κ2) is 6.17. The van der Waals surface area contributed by atoms with Gasteiger partial charge in [-0.25, -0.2) is 4.98 Å². The van der Waals surface area contributed by atoms with Crippen LogP contribution in [0.1, 0.15) is 24.7 Å². The third kappa shape index (κ3) is 2.84. The van der Waals surface area contributed by atoms with Crippen LogP contribution in [0, 0.1) is 0 Å². The van der Waals surface area contributed by atoms with Crippen LogP contribution in [0.2, 0.25) is 0 Å². The average molecular weight is 351 g/mol. The Morgan fingerprint density at radius 2 is 2.23 bits per heavy atom. The number of amides is 1. The van der Waals surface area contributed by atoms with Crippen molar-refractivity contribution in [2.45, 2.75) is 25.2 Å². The second-order valence-electron chi connectivity index (χ2n) is 7.14. The summed E-state index contributed by atoms with van der Waals surface area (Å²) < 4.78 is 7.56. The number of carbonyl (C=O) groups is 1. The zero-order valence-corrected chi connectivity index (χ0v) is 14.9. The molecule has 1 atom stereocenters. The van der Waals surface area contributed by atoms with Crippen molar-refractivity contribution in [2.75, 3.05) is 13.2 Å². The van der Waals surface area contributed by atoms with Gasteiger partial charge < -0.3 is 15.0 Å². The highest BCUT2D eigenvalue weighted by Gasteiger charge is 2.33. The standard InChI is InChI=1S/C19H21N5O2/c1-19(3-4-26-11-19)17-9-21-7-15(23-17)14-10-24(2)16-8-22-12(5-13(14)16)6-18(20)25/h5,7-10H,3-4,6,11H2,1-2H3,(H2,20,25)/t19-/m1/s1. The molecule has 2 N–H and O–H groups in total. The molecule has 7 nitrogen and oxygen atoms in total. The summed E-state index contributed by atoms with van der Waals surface area (Å²) in [6.07, 6.45) is 8.43. The van der Waals surface area contributed by atoms with Crippen molar-refractivity contribution in [2.24, 2.45) is 12.8 Å². The third-order valence-corrected chi connectivity index (χ3v) is 5.04. The first-order valence-corrected chi connectivity index (χ1v) is 8.59. The number of nitrogens with two attached hydrogens (primary N) is 1. The van der Waals surface area contributed by atoms with Crippen molar-refractivity contribution in [1.82, 2.24) is 19.5 Å². The number of ether oxygens (including phenoxy) is 1. The maximum atomic E-state index is 11.2. The largest absolute Gasteiger partial charge is 0.380 e. The lowest BCUT2D eigenvalue weighted by Gasteiger charge is -2.20. The fourth-order valence-corrected chi connectivity index (χ4v) is 3.46. The lowest BCUT2D eigenvalue weighted by Crippen LogP contribution is -2.23. The number of aryl methyl sites for hydroxylation is 1. The molecule has 0 saturated carbocycles. The van der Waals surface area contributed by atoms with Gasteiger partial charge in [-0.3, -0.25) is 14.8 Å². The van der Waals surface area contributed by atoms with Crippen molar-refractivity contribution in [3.63, 3.8) is 0 Å². The summed E-state index contributed by atoms with van der Waals surface area (Å²) in [4.78, 5) is 24.9. The van der Waals surface area contributed by atoms with Crippen LogP contribution in [-0.4, -0.2) is 38.6 Å². The Kier molecular flexibility index (Phi) is 3.96. The molecule has 0 bridgehead atoms. The Balaban J connectivity index is 1.82. The molecular formula is C19H21N5O2. The summed E-state index contributed by atoms with van der Waals surface area (Å²) >= 11 is 0. The number of nitrogens with zero attached hydrogens (tertiary/aromatic N) is 4. The number of hydrogen-bond acceptors (Lipinski definition) is 5. The molecule has 1 fully saturated rings. The summed E-state index contributed by atoms with van der Waals surface area (Å²) in [5.41, 5.74) is 9.53. The van der Waals surface area contributed by atoms with Crippen molar-refractivity contribution in [1.29, 1.82) is 0 Å². The van der Waals surface area contributed by atoms with Gasteiger partial charge in [0.05, 0.1) is 48.0 Å². The topological polar surface area (TPSA) is 95.9 Å². The van der Waals surface area contributed by atoms with Crippen LogP contribution in [0.4, 0.5) is 0 Å².